The van der Waals surface area contributed by atoms with Crippen LogP contribution in [0, 0.1) is 13.8 Å². The van der Waals surface area contributed by atoms with Crippen LogP contribution in [-0.2, 0) is 24.3 Å². The summed E-state index contributed by atoms with van der Waals surface area (Å²) in [5.41, 5.74) is 0.724. The molecule has 1 fully saturated rings. The molecular formula is C20H31NO6S. The van der Waals surface area contributed by atoms with Gasteiger partial charge in [0.15, 0.2) is 0 Å². The zero-order chi connectivity index (χ0) is 21.1. The Morgan fingerprint density at radius 1 is 1.21 bits per heavy atom. The van der Waals surface area contributed by atoms with E-state index in [9.17, 15) is 13.2 Å². The maximum Gasteiger partial charge on any atom is 0.332 e. The molecule has 0 saturated carbocycles. The number of carbonyl (C=O) groups excluding carboxylic acids is 1. The molecule has 0 bridgehead atoms. The number of rotatable bonds is 7. The van der Waals surface area contributed by atoms with Crippen molar-refractivity contribution in [2.24, 2.45) is 0 Å². The van der Waals surface area contributed by atoms with E-state index in [0.717, 1.165) is 6.42 Å². The molecule has 2 rings (SSSR count). The molecule has 1 aromatic rings. The average Bonchev–Trinajstić information content (AvgIpc) is 3.01. The number of methoxy groups -OCH3 is 1. The first-order chi connectivity index (χ1) is 13.0. The summed E-state index contributed by atoms with van der Waals surface area (Å²) in [6.07, 6.45) is 1.45. The van der Waals surface area contributed by atoms with Gasteiger partial charge in [0, 0.05) is 12.6 Å². The zero-order valence-corrected chi connectivity index (χ0v) is 18.4. The standard InChI is InChI=1S/C20H31NO6S/c1-14-10-17(25-6)11-15(2)19(14)28(23,24)21-9-7-8-16(21)12-26-13-18(22)27-20(3,4)5/h10-11,16H,7-9,12-13H2,1-6H3. The number of sulfonamides is 1. The number of esters is 1. The molecule has 0 spiro atoms. The zero-order valence-electron chi connectivity index (χ0n) is 17.6. The van der Waals surface area contributed by atoms with Crippen molar-refractivity contribution in [1.82, 2.24) is 4.31 Å². The van der Waals surface area contributed by atoms with Gasteiger partial charge in [0.25, 0.3) is 0 Å². The van der Waals surface area contributed by atoms with E-state index in [4.69, 9.17) is 14.2 Å². The Kier molecular flexibility index (Phi) is 7.12. The number of aryl methyl sites for hydroxylation is 2. The number of carbonyl (C=O) groups is 1. The minimum Gasteiger partial charge on any atom is -0.497 e. The summed E-state index contributed by atoms with van der Waals surface area (Å²) in [7, 11) is -2.12. The van der Waals surface area contributed by atoms with Gasteiger partial charge in [-0.3, -0.25) is 0 Å². The van der Waals surface area contributed by atoms with E-state index in [1.165, 1.54) is 4.31 Å². The molecular weight excluding hydrogens is 382 g/mol. The quantitative estimate of drug-likeness (QED) is 0.640. The van der Waals surface area contributed by atoms with Gasteiger partial charge in [0.05, 0.1) is 18.6 Å². The van der Waals surface area contributed by atoms with Gasteiger partial charge in [-0.1, -0.05) is 0 Å². The summed E-state index contributed by atoms with van der Waals surface area (Å²) < 4.78 is 44.0. The van der Waals surface area contributed by atoms with Crippen LogP contribution >= 0.6 is 0 Å². The van der Waals surface area contributed by atoms with Gasteiger partial charge in [0.1, 0.15) is 18.0 Å². The van der Waals surface area contributed by atoms with Gasteiger partial charge in [-0.25, -0.2) is 13.2 Å². The first-order valence-corrected chi connectivity index (χ1v) is 10.9. The largest absolute Gasteiger partial charge is 0.497 e. The lowest BCUT2D eigenvalue weighted by Crippen LogP contribution is -2.39. The predicted octanol–water partition coefficient (Wildman–Crippen LogP) is 2.82. The average molecular weight is 414 g/mol. The number of ether oxygens (including phenoxy) is 3. The Hall–Kier alpha value is -1.64. The van der Waals surface area contributed by atoms with E-state index in [1.807, 2.05) is 0 Å². The van der Waals surface area contributed by atoms with Gasteiger partial charge in [-0.2, -0.15) is 4.31 Å². The van der Waals surface area contributed by atoms with Crippen molar-refractivity contribution in [3.05, 3.63) is 23.3 Å². The van der Waals surface area contributed by atoms with Crippen LogP contribution in [0.4, 0.5) is 0 Å². The van der Waals surface area contributed by atoms with Gasteiger partial charge < -0.3 is 14.2 Å². The Morgan fingerprint density at radius 3 is 2.36 bits per heavy atom. The Morgan fingerprint density at radius 2 is 1.82 bits per heavy atom. The highest BCUT2D eigenvalue weighted by molar-refractivity contribution is 7.89. The molecule has 158 valence electrons. The topological polar surface area (TPSA) is 82.1 Å². The summed E-state index contributed by atoms with van der Waals surface area (Å²) in [6.45, 7) is 9.31. The van der Waals surface area contributed by atoms with Crippen molar-refractivity contribution in [3.63, 3.8) is 0 Å². The second-order valence-electron chi connectivity index (χ2n) is 8.10. The maximum absolute atomic E-state index is 13.3. The van der Waals surface area contributed by atoms with Crippen LogP contribution in [-0.4, -0.2) is 57.2 Å². The second kappa shape index (κ2) is 8.80. The lowest BCUT2D eigenvalue weighted by molar-refractivity contribution is -0.160. The second-order valence-corrected chi connectivity index (χ2v) is 9.93. The van der Waals surface area contributed by atoms with E-state index in [2.05, 4.69) is 0 Å². The SMILES string of the molecule is COc1cc(C)c(S(=O)(=O)N2CCCC2COCC(=O)OC(C)(C)C)c(C)c1. The fourth-order valence-corrected chi connectivity index (χ4v) is 5.59. The van der Waals surface area contributed by atoms with Crippen LogP contribution in [0.15, 0.2) is 17.0 Å². The highest BCUT2D eigenvalue weighted by atomic mass is 32.2. The Bertz CT molecular complexity index is 789. The predicted molar refractivity (Wildman–Crippen MR) is 106 cm³/mol. The van der Waals surface area contributed by atoms with E-state index in [1.54, 1.807) is 53.9 Å². The van der Waals surface area contributed by atoms with Crippen molar-refractivity contribution in [1.29, 1.82) is 0 Å². The van der Waals surface area contributed by atoms with Crippen LogP contribution in [0.2, 0.25) is 0 Å². The molecule has 0 N–H and O–H groups in total. The number of hydrogen-bond acceptors (Lipinski definition) is 6. The normalized spacial score (nSPS) is 18.3. The molecule has 1 heterocycles. The van der Waals surface area contributed by atoms with E-state index in [-0.39, 0.29) is 19.3 Å². The van der Waals surface area contributed by atoms with Gasteiger partial charge in [-0.15, -0.1) is 0 Å². The van der Waals surface area contributed by atoms with E-state index >= 15 is 0 Å². The molecule has 0 aromatic heterocycles. The Balaban J connectivity index is 2.10. The molecule has 7 nitrogen and oxygen atoms in total. The molecule has 0 aliphatic carbocycles. The smallest absolute Gasteiger partial charge is 0.332 e. The van der Waals surface area contributed by atoms with Crippen molar-refractivity contribution in [3.8, 4) is 5.75 Å². The van der Waals surface area contributed by atoms with Crippen molar-refractivity contribution >= 4 is 16.0 Å². The molecule has 0 amide bonds. The molecule has 1 saturated heterocycles. The third kappa shape index (κ3) is 5.46. The van der Waals surface area contributed by atoms with Gasteiger partial charge in [0.2, 0.25) is 10.0 Å². The highest BCUT2D eigenvalue weighted by Crippen LogP contribution is 2.32. The first-order valence-electron chi connectivity index (χ1n) is 9.42. The van der Waals surface area contributed by atoms with Crippen molar-refractivity contribution < 1.29 is 27.4 Å². The third-order valence-electron chi connectivity index (χ3n) is 4.51. The molecule has 0 radical (unpaired) electrons. The molecule has 1 atom stereocenters. The number of nitrogens with zero attached hydrogens (tertiary/aromatic N) is 1. The summed E-state index contributed by atoms with van der Waals surface area (Å²) in [6, 6.07) is 3.15. The van der Waals surface area contributed by atoms with Crippen LogP contribution in [0.3, 0.4) is 0 Å². The summed E-state index contributed by atoms with van der Waals surface area (Å²) in [5.74, 6) is 0.175. The molecule has 1 unspecified atom stereocenters. The van der Waals surface area contributed by atoms with Gasteiger partial charge in [-0.05, 0) is 70.7 Å². The van der Waals surface area contributed by atoms with Crippen molar-refractivity contribution in [2.75, 3.05) is 26.9 Å². The lowest BCUT2D eigenvalue weighted by atomic mass is 10.1. The van der Waals surface area contributed by atoms with Crippen LogP contribution in [0.5, 0.6) is 5.75 Å². The molecule has 1 aromatic carbocycles. The minimum atomic E-state index is -3.67. The maximum atomic E-state index is 13.3. The summed E-state index contributed by atoms with van der Waals surface area (Å²) in [4.78, 5) is 12.1. The van der Waals surface area contributed by atoms with E-state index < -0.39 is 21.6 Å². The third-order valence-corrected chi connectivity index (χ3v) is 6.77. The monoisotopic (exact) mass is 413 g/mol. The number of hydrogen-bond donors (Lipinski definition) is 0. The number of benzene rings is 1. The first kappa shape index (κ1) is 22.6. The van der Waals surface area contributed by atoms with Gasteiger partial charge >= 0.3 is 5.97 Å². The fraction of sp³-hybridized carbons (Fsp3) is 0.650. The van der Waals surface area contributed by atoms with Crippen molar-refractivity contribution in [2.45, 2.75) is 64.0 Å². The van der Waals surface area contributed by atoms with Crippen LogP contribution < -0.4 is 4.74 Å². The molecule has 28 heavy (non-hydrogen) atoms. The molecule has 1 aliphatic heterocycles. The lowest BCUT2D eigenvalue weighted by Gasteiger charge is -2.26. The minimum absolute atomic E-state index is 0.159. The van der Waals surface area contributed by atoms with Crippen LogP contribution in [0.1, 0.15) is 44.7 Å². The molecule has 8 heteroatoms. The summed E-state index contributed by atoms with van der Waals surface area (Å²) >= 11 is 0. The highest BCUT2D eigenvalue weighted by Gasteiger charge is 2.37. The van der Waals surface area contributed by atoms with Crippen LogP contribution in [0.25, 0.3) is 0 Å². The molecule has 1 aliphatic rings. The summed E-state index contributed by atoms with van der Waals surface area (Å²) in [5, 5.41) is 0. The fourth-order valence-electron chi connectivity index (χ4n) is 3.49. The van der Waals surface area contributed by atoms with E-state index in [0.29, 0.717) is 34.7 Å². The Labute approximate surface area is 168 Å².